The highest BCUT2D eigenvalue weighted by Crippen LogP contribution is 2.34. The number of carbonyl (C=O) groups excluding carboxylic acids is 1. The standard InChI is InChI=1S/C27H23F3N6O2S/c1-16-4-3-5-17(2)24(16)32-26(37)34-39-31-15-18-6-12-22-19(14-18)7-13-23-25(22)33-35-36(23)20-8-10-21(11-9-20)38-27(28,29)30/h3-6,8-12,14-15H,7,13H2,1-2H3,(H2,32,34,37). The number of hydrogen-bond donors (Lipinski definition) is 2. The van der Waals surface area contributed by atoms with Crippen molar-refractivity contribution in [3.8, 4) is 22.7 Å². The van der Waals surface area contributed by atoms with Gasteiger partial charge < -0.3 is 10.1 Å². The molecule has 0 unspecified atom stereocenters. The van der Waals surface area contributed by atoms with Gasteiger partial charge in [-0.25, -0.2) is 13.9 Å². The van der Waals surface area contributed by atoms with Crippen LogP contribution in [0.1, 0.15) is 27.9 Å². The monoisotopic (exact) mass is 552 g/mol. The molecule has 8 nitrogen and oxygen atoms in total. The summed E-state index contributed by atoms with van der Waals surface area (Å²) in [7, 11) is 0. The first-order chi connectivity index (χ1) is 18.7. The number of rotatable bonds is 6. The quantitative estimate of drug-likeness (QED) is 0.215. The van der Waals surface area contributed by atoms with E-state index in [1.165, 1.54) is 24.3 Å². The van der Waals surface area contributed by atoms with Gasteiger partial charge >= 0.3 is 12.4 Å². The lowest BCUT2D eigenvalue weighted by Crippen LogP contribution is -2.23. The van der Waals surface area contributed by atoms with Crippen molar-refractivity contribution < 1.29 is 22.7 Å². The lowest BCUT2D eigenvalue weighted by Gasteiger charge is -2.17. The molecule has 1 aromatic heterocycles. The van der Waals surface area contributed by atoms with Gasteiger partial charge in [0, 0.05) is 17.5 Å². The molecule has 200 valence electrons. The number of nitrogens with one attached hydrogen (secondary N) is 2. The number of fused-ring (bicyclic) bond motifs is 3. The van der Waals surface area contributed by atoms with Crippen molar-refractivity contribution >= 4 is 30.1 Å². The molecule has 0 saturated carbocycles. The number of ether oxygens (including phenoxy) is 1. The van der Waals surface area contributed by atoms with E-state index in [1.54, 1.807) is 10.9 Å². The molecule has 39 heavy (non-hydrogen) atoms. The van der Waals surface area contributed by atoms with Crippen LogP contribution in [0.25, 0.3) is 16.9 Å². The van der Waals surface area contributed by atoms with Gasteiger partial charge in [0.1, 0.15) is 11.4 Å². The molecular formula is C27H23F3N6O2S. The molecule has 0 radical (unpaired) electrons. The van der Waals surface area contributed by atoms with Gasteiger partial charge in [0.2, 0.25) is 0 Å². The Hall–Kier alpha value is -4.32. The maximum Gasteiger partial charge on any atom is 0.573 e. The minimum atomic E-state index is -4.74. The summed E-state index contributed by atoms with van der Waals surface area (Å²) in [5, 5.41) is 11.4. The number of carbonyl (C=O) groups is 1. The summed E-state index contributed by atoms with van der Waals surface area (Å²) in [5.41, 5.74) is 7.82. The summed E-state index contributed by atoms with van der Waals surface area (Å²) in [6.45, 7) is 3.86. The second-order valence-electron chi connectivity index (χ2n) is 8.90. The molecule has 1 heterocycles. The van der Waals surface area contributed by atoms with Gasteiger partial charge in [-0.15, -0.1) is 18.3 Å². The van der Waals surface area contributed by atoms with Crippen LogP contribution in [0.5, 0.6) is 5.75 Å². The topological polar surface area (TPSA) is 93.4 Å². The van der Waals surface area contributed by atoms with Crippen molar-refractivity contribution in [1.29, 1.82) is 0 Å². The zero-order valence-electron chi connectivity index (χ0n) is 20.9. The Balaban J connectivity index is 1.23. The zero-order chi connectivity index (χ0) is 27.6. The average molecular weight is 553 g/mol. The Kier molecular flexibility index (Phi) is 7.29. The lowest BCUT2D eigenvalue weighted by atomic mass is 9.91. The molecule has 2 N–H and O–H groups in total. The Morgan fingerprint density at radius 3 is 2.54 bits per heavy atom. The van der Waals surface area contributed by atoms with E-state index in [1.807, 2.05) is 50.2 Å². The number of benzene rings is 3. The van der Waals surface area contributed by atoms with Crippen LogP contribution in [0.15, 0.2) is 65.1 Å². The van der Waals surface area contributed by atoms with Gasteiger partial charge in [-0.2, -0.15) is 0 Å². The summed E-state index contributed by atoms with van der Waals surface area (Å²) >= 11 is 0.928. The smallest absolute Gasteiger partial charge is 0.406 e. The fourth-order valence-electron chi connectivity index (χ4n) is 4.42. The van der Waals surface area contributed by atoms with E-state index in [-0.39, 0.29) is 11.8 Å². The van der Waals surface area contributed by atoms with Crippen LogP contribution in [0, 0.1) is 13.8 Å². The second kappa shape index (κ2) is 10.8. The van der Waals surface area contributed by atoms with Crippen LogP contribution in [-0.2, 0) is 12.8 Å². The Labute approximate surface area is 226 Å². The number of anilines is 1. The number of halogens is 3. The van der Waals surface area contributed by atoms with E-state index < -0.39 is 6.36 Å². The number of aromatic nitrogens is 3. The first-order valence-corrected chi connectivity index (χ1v) is 12.7. The largest absolute Gasteiger partial charge is 0.573 e. The molecule has 1 aliphatic carbocycles. The molecule has 3 aromatic carbocycles. The third kappa shape index (κ3) is 6.06. The molecule has 0 aliphatic heterocycles. The van der Waals surface area contributed by atoms with Gasteiger partial charge in [0.25, 0.3) is 0 Å². The number of amides is 2. The zero-order valence-corrected chi connectivity index (χ0v) is 21.7. The van der Waals surface area contributed by atoms with Gasteiger partial charge in [-0.05, 0) is 79.3 Å². The van der Waals surface area contributed by atoms with Crippen molar-refractivity contribution in [2.24, 2.45) is 4.40 Å². The van der Waals surface area contributed by atoms with Crippen molar-refractivity contribution in [2.45, 2.75) is 33.1 Å². The normalized spacial score (nSPS) is 12.6. The summed E-state index contributed by atoms with van der Waals surface area (Å²) in [6.07, 6.45) is -1.69. The molecule has 4 aromatic rings. The van der Waals surface area contributed by atoms with E-state index in [0.717, 1.165) is 63.4 Å². The molecular weight excluding hydrogens is 529 g/mol. The molecule has 2 amide bonds. The third-order valence-electron chi connectivity index (χ3n) is 6.21. The molecule has 0 bridgehead atoms. The predicted octanol–water partition coefficient (Wildman–Crippen LogP) is 6.35. The summed E-state index contributed by atoms with van der Waals surface area (Å²) in [6, 6.07) is 16.8. The Morgan fingerprint density at radius 1 is 1.08 bits per heavy atom. The van der Waals surface area contributed by atoms with Gasteiger partial charge in [-0.1, -0.05) is 35.5 Å². The van der Waals surface area contributed by atoms with E-state index in [2.05, 4.69) is 29.5 Å². The average Bonchev–Trinajstić information content (AvgIpc) is 3.33. The van der Waals surface area contributed by atoms with E-state index >= 15 is 0 Å². The molecule has 0 atom stereocenters. The first-order valence-electron chi connectivity index (χ1n) is 11.9. The van der Waals surface area contributed by atoms with Crippen LogP contribution in [-0.4, -0.2) is 33.6 Å². The number of alkyl halides is 3. The fourth-order valence-corrected chi connectivity index (χ4v) is 4.78. The predicted molar refractivity (Wildman–Crippen MR) is 144 cm³/mol. The minimum absolute atomic E-state index is 0.296. The molecule has 5 rings (SSSR count). The van der Waals surface area contributed by atoms with Crippen LogP contribution >= 0.6 is 12.1 Å². The third-order valence-corrected chi connectivity index (χ3v) is 6.69. The number of urea groups is 1. The summed E-state index contributed by atoms with van der Waals surface area (Å²) in [4.78, 5) is 12.2. The fraction of sp³-hybridized carbons (Fsp3) is 0.185. The first kappa shape index (κ1) is 26.3. The van der Waals surface area contributed by atoms with E-state index in [0.29, 0.717) is 12.1 Å². The van der Waals surface area contributed by atoms with Crippen LogP contribution in [0.2, 0.25) is 0 Å². The van der Waals surface area contributed by atoms with Crippen LogP contribution < -0.4 is 14.8 Å². The second-order valence-corrected chi connectivity index (χ2v) is 9.50. The highest BCUT2D eigenvalue weighted by Gasteiger charge is 2.31. The maximum absolute atomic E-state index is 12.4. The molecule has 1 aliphatic rings. The highest BCUT2D eigenvalue weighted by molar-refractivity contribution is 7.96. The maximum atomic E-state index is 12.4. The van der Waals surface area contributed by atoms with Crippen LogP contribution in [0.3, 0.4) is 0 Å². The molecule has 12 heteroatoms. The van der Waals surface area contributed by atoms with E-state index in [4.69, 9.17) is 0 Å². The van der Waals surface area contributed by atoms with Gasteiger partial charge in [-0.3, -0.25) is 4.72 Å². The minimum Gasteiger partial charge on any atom is -0.406 e. The van der Waals surface area contributed by atoms with Crippen molar-refractivity contribution in [2.75, 3.05) is 5.32 Å². The van der Waals surface area contributed by atoms with E-state index in [9.17, 15) is 18.0 Å². The van der Waals surface area contributed by atoms with Crippen molar-refractivity contribution in [3.05, 3.63) is 88.6 Å². The summed E-state index contributed by atoms with van der Waals surface area (Å²) < 4.78 is 49.8. The number of nitrogens with zero attached hydrogens (tertiary/aromatic N) is 4. The van der Waals surface area contributed by atoms with Gasteiger partial charge in [0.15, 0.2) is 0 Å². The Bertz CT molecular complexity index is 1530. The van der Waals surface area contributed by atoms with Crippen molar-refractivity contribution in [1.82, 2.24) is 19.7 Å². The Morgan fingerprint density at radius 2 is 1.82 bits per heavy atom. The SMILES string of the molecule is Cc1cccc(C)c1NC(=O)NSN=Cc1ccc2c(c1)CCc1c-2nnn1-c1ccc(OC(F)(F)F)cc1. The lowest BCUT2D eigenvalue weighted by molar-refractivity contribution is -0.274. The number of hydrogen-bond acceptors (Lipinski definition) is 6. The van der Waals surface area contributed by atoms with Crippen molar-refractivity contribution in [3.63, 3.8) is 0 Å². The molecule has 0 saturated heterocycles. The number of para-hydroxylation sites is 1. The highest BCUT2D eigenvalue weighted by atomic mass is 32.2. The molecule has 0 fully saturated rings. The number of aryl methyl sites for hydroxylation is 3. The van der Waals surface area contributed by atoms with Gasteiger partial charge in [0.05, 0.1) is 23.5 Å². The summed E-state index contributed by atoms with van der Waals surface area (Å²) in [5.74, 6) is -0.296. The van der Waals surface area contributed by atoms with Crippen LogP contribution in [0.4, 0.5) is 23.7 Å². The molecule has 0 spiro atoms.